The zero-order valence-corrected chi connectivity index (χ0v) is 19.9. The molecule has 0 bridgehead atoms. The molecule has 0 unspecified atom stereocenters. The van der Waals surface area contributed by atoms with Crippen molar-refractivity contribution in [2.75, 3.05) is 12.3 Å². The summed E-state index contributed by atoms with van der Waals surface area (Å²) >= 11 is 1.26. The Morgan fingerprint density at radius 2 is 1.74 bits per heavy atom. The lowest BCUT2D eigenvalue weighted by atomic mass is 10.1. The molecule has 1 aliphatic rings. The highest BCUT2D eigenvalue weighted by molar-refractivity contribution is 7.99. The number of nitrogens with zero attached hydrogens (tertiary/aromatic N) is 4. The van der Waals surface area contributed by atoms with Crippen molar-refractivity contribution in [1.29, 1.82) is 0 Å². The summed E-state index contributed by atoms with van der Waals surface area (Å²) in [5, 5.41) is 7.10. The average molecular weight is 469 g/mol. The quantitative estimate of drug-likeness (QED) is 0.314. The summed E-state index contributed by atoms with van der Waals surface area (Å²) in [6.07, 6.45) is 0.724. The number of amides is 1. The van der Waals surface area contributed by atoms with Crippen molar-refractivity contribution >= 4 is 34.3 Å². The zero-order chi connectivity index (χ0) is 23.7. The number of aromatic nitrogens is 2. The number of hydrazone groups is 1. The van der Waals surface area contributed by atoms with Gasteiger partial charge in [0.2, 0.25) is 0 Å². The molecule has 0 radical (unpaired) electrons. The molecule has 34 heavy (non-hydrogen) atoms. The van der Waals surface area contributed by atoms with Crippen LogP contribution in [0.2, 0.25) is 0 Å². The number of rotatable bonds is 5. The maximum atomic E-state index is 13.4. The molecule has 4 aromatic rings. The third-order valence-corrected chi connectivity index (χ3v) is 6.94. The second kappa shape index (κ2) is 9.27. The minimum atomic E-state index is -0.144. The Labute approximate surface area is 201 Å². The van der Waals surface area contributed by atoms with E-state index in [0.29, 0.717) is 22.6 Å². The highest BCUT2D eigenvalue weighted by Crippen LogP contribution is 2.24. The van der Waals surface area contributed by atoms with E-state index in [1.807, 2.05) is 80.6 Å². The van der Waals surface area contributed by atoms with Gasteiger partial charge in [-0.15, -0.1) is 0 Å². The van der Waals surface area contributed by atoms with E-state index in [9.17, 15) is 9.59 Å². The molecule has 2 heterocycles. The SMILES string of the molecule is Cc1ccc(-n2c(SCC(=O)N3CCC(c4ccccc4)=N3)nc3ccccc3c2=O)cc1C. The molecule has 6 nitrogen and oxygen atoms in total. The van der Waals surface area contributed by atoms with Crippen LogP contribution >= 0.6 is 11.8 Å². The van der Waals surface area contributed by atoms with Gasteiger partial charge in [-0.05, 0) is 54.8 Å². The van der Waals surface area contributed by atoms with Crippen molar-refractivity contribution < 1.29 is 4.79 Å². The number of carbonyl (C=O) groups excluding carboxylic acids is 1. The van der Waals surface area contributed by atoms with Crippen LogP contribution < -0.4 is 5.56 Å². The fourth-order valence-electron chi connectivity index (χ4n) is 3.97. The molecule has 0 N–H and O–H groups in total. The molecule has 5 rings (SSSR count). The smallest absolute Gasteiger partial charge is 0.266 e. The summed E-state index contributed by atoms with van der Waals surface area (Å²) < 4.78 is 1.61. The maximum Gasteiger partial charge on any atom is 0.266 e. The Kier molecular flexibility index (Phi) is 6.02. The predicted octanol–water partition coefficient (Wildman–Crippen LogP) is 4.73. The molecule has 1 aromatic heterocycles. The van der Waals surface area contributed by atoms with Gasteiger partial charge in [-0.3, -0.25) is 14.2 Å². The van der Waals surface area contributed by atoms with Gasteiger partial charge in [-0.1, -0.05) is 60.3 Å². The van der Waals surface area contributed by atoms with Gasteiger partial charge >= 0.3 is 0 Å². The van der Waals surface area contributed by atoms with E-state index in [0.717, 1.165) is 34.5 Å². The topological polar surface area (TPSA) is 67.6 Å². The summed E-state index contributed by atoms with van der Waals surface area (Å²) in [5.74, 6) is 0.0336. The molecule has 170 valence electrons. The third kappa shape index (κ3) is 4.26. The lowest BCUT2D eigenvalue weighted by Crippen LogP contribution is -2.26. The number of para-hydroxylation sites is 1. The molecular formula is C27H24N4O2S. The first-order valence-corrected chi connectivity index (χ1v) is 12.2. The van der Waals surface area contributed by atoms with E-state index in [2.05, 4.69) is 5.10 Å². The van der Waals surface area contributed by atoms with E-state index >= 15 is 0 Å². The van der Waals surface area contributed by atoms with E-state index in [1.165, 1.54) is 16.8 Å². The van der Waals surface area contributed by atoms with Crippen LogP contribution in [0.25, 0.3) is 16.6 Å². The fraction of sp³-hybridized carbons (Fsp3) is 0.185. The van der Waals surface area contributed by atoms with Crippen molar-refractivity contribution in [3.8, 4) is 5.69 Å². The molecule has 0 saturated carbocycles. The summed E-state index contributed by atoms with van der Waals surface area (Å²) in [5.41, 5.74) is 5.40. The monoisotopic (exact) mass is 468 g/mol. The minimum Gasteiger partial charge on any atom is -0.272 e. The lowest BCUT2D eigenvalue weighted by molar-refractivity contribution is -0.127. The van der Waals surface area contributed by atoms with Crippen molar-refractivity contribution in [2.45, 2.75) is 25.4 Å². The molecule has 0 aliphatic carbocycles. The largest absolute Gasteiger partial charge is 0.272 e. The lowest BCUT2D eigenvalue weighted by Gasteiger charge is -2.15. The molecule has 0 saturated heterocycles. The molecule has 1 aliphatic heterocycles. The zero-order valence-electron chi connectivity index (χ0n) is 19.1. The Morgan fingerprint density at radius 3 is 2.53 bits per heavy atom. The maximum absolute atomic E-state index is 13.4. The van der Waals surface area contributed by atoms with Gasteiger partial charge in [-0.25, -0.2) is 9.99 Å². The second-order valence-corrected chi connectivity index (χ2v) is 9.23. The van der Waals surface area contributed by atoms with E-state index in [-0.39, 0.29) is 17.2 Å². The van der Waals surface area contributed by atoms with Gasteiger partial charge in [0, 0.05) is 6.42 Å². The fourth-order valence-corrected chi connectivity index (χ4v) is 4.85. The number of hydrogen-bond acceptors (Lipinski definition) is 5. The van der Waals surface area contributed by atoms with Crippen LogP contribution in [-0.4, -0.2) is 38.5 Å². The minimum absolute atomic E-state index is 0.107. The first kappa shape index (κ1) is 22.1. The average Bonchev–Trinajstić information content (AvgIpc) is 3.36. The predicted molar refractivity (Wildman–Crippen MR) is 137 cm³/mol. The van der Waals surface area contributed by atoms with Gasteiger partial charge in [0.25, 0.3) is 11.5 Å². The normalized spacial score (nSPS) is 13.4. The van der Waals surface area contributed by atoms with Crippen LogP contribution in [0.15, 0.2) is 87.8 Å². The molecule has 0 spiro atoms. The first-order chi connectivity index (χ1) is 16.5. The van der Waals surface area contributed by atoms with Crippen LogP contribution in [0, 0.1) is 13.8 Å². The summed E-state index contributed by atoms with van der Waals surface area (Å²) in [7, 11) is 0. The number of thioether (sulfide) groups is 1. The van der Waals surface area contributed by atoms with Gasteiger partial charge in [0.1, 0.15) is 0 Å². The van der Waals surface area contributed by atoms with E-state index in [1.54, 1.807) is 10.6 Å². The molecule has 0 atom stereocenters. The highest BCUT2D eigenvalue weighted by Gasteiger charge is 2.23. The van der Waals surface area contributed by atoms with Gasteiger partial charge in [0.15, 0.2) is 5.16 Å². The Morgan fingerprint density at radius 1 is 0.971 bits per heavy atom. The molecule has 0 fully saturated rings. The number of fused-ring (bicyclic) bond motifs is 1. The number of hydrogen-bond donors (Lipinski definition) is 0. The summed E-state index contributed by atoms with van der Waals surface area (Å²) in [6.45, 7) is 4.61. The van der Waals surface area contributed by atoms with Crippen LogP contribution in [-0.2, 0) is 4.79 Å². The Hall–Kier alpha value is -3.71. The molecule has 1 amide bonds. The number of carbonyl (C=O) groups is 1. The first-order valence-electron chi connectivity index (χ1n) is 11.2. The third-order valence-electron chi connectivity index (χ3n) is 6.02. The molecule has 7 heteroatoms. The summed E-state index contributed by atoms with van der Waals surface area (Å²) in [6, 6.07) is 23.1. The van der Waals surface area contributed by atoms with E-state index < -0.39 is 0 Å². The van der Waals surface area contributed by atoms with E-state index in [4.69, 9.17) is 4.98 Å². The van der Waals surface area contributed by atoms with Gasteiger partial charge in [0.05, 0.1) is 34.6 Å². The number of benzene rings is 3. The van der Waals surface area contributed by atoms with Crippen LogP contribution in [0.1, 0.15) is 23.1 Å². The number of aryl methyl sites for hydroxylation is 2. The molecular weight excluding hydrogens is 444 g/mol. The van der Waals surface area contributed by atoms with Crippen molar-refractivity contribution in [2.24, 2.45) is 5.10 Å². The van der Waals surface area contributed by atoms with Crippen LogP contribution in [0.3, 0.4) is 0 Å². The molecule has 3 aromatic carbocycles. The van der Waals surface area contributed by atoms with Crippen molar-refractivity contribution in [3.05, 3.63) is 99.8 Å². The summed E-state index contributed by atoms with van der Waals surface area (Å²) in [4.78, 5) is 31.2. The second-order valence-electron chi connectivity index (χ2n) is 8.29. The standard InChI is InChI=1S/C27H24N4O2S/c1-18-12-13-21(16-19(18)2)31-26(33)22-10-6-7-11-24(22)28-27(31)34-17-25(32)30-15-14-23(29-30)20-8-4-3-5-9-20/h3-13,16H,14-15,17H2,1-2H3. The Balaban J connectivity index is 1.45. The van der Waals surface area contributed by atoms with Crippen LogP contribution in [0.4, 0.5) is 0 Å². The highest BCUT2D eigenvalue weighted by atomic mass is 32.2. The van der Waals surface area contributed by atoms with Gasteiger partial charge < -0.3 is 0 Å². The van der Waals surface area contributed by atoms with Crippen molar-refractivity contribution in [3.63, 3.8) is 0 Å². The van der Waals surface area contributed by atoms with Crippen molar-refractivity contribution in [1.82, 2.24) is 14.6 Å². The van der Waals surface area contributed by atoms with Crippen LogP contribution in [0.5, 0.6) is 0 Å². The Bertz CT molecular complexity index is 1480. The van der Waals surface area contributed by atoms with Gasteiger partial charge in [-0.2, -0.15) is 5.10 Å².